The molecule has 3 aromatic rings. The van der Waals surface area contributed by atoms with Crippen molar-refractivity contribution in [2.75, 3.05) is 17.1 Å². The van der Waals surface area contributed by atoms with Crippen molar-refractivity contribution in [3.8, 4) is 5.75 Å². The molecule has 31 heavy (non-hydrogen) atoms. The van der Waals surface area contributed by atoms with E-state index in [1.807, 2.05) is 0 Å². The molecule has 0 saturated carbocycles. The Morgan fingerprint density at radius 1 is 1.16 bits per heavy atom. The van der Waals surface area contributed by atoms with Crippen LogP contribution >= 0.6 is 11.6 Å². The lowest BCUT2D eigenvalue weighted by atomic mass is 10.2. The molecule has 0 bridgehead atoms. The highest BCUT2D eigenvalue weighted by atomic mass is 35.5. The first kappa shape index (κ1) is 22.4. The number of carbonyl (C=O) groups excluding carboxylic acids is 1. The number of nitrogens with zero attached hydrogens (tertiary/aromatic N) is 1. The largest absolute Gasteiger partial charge is 0.495 e. The Labute approximate surface area is 184 Å². The Balaban J connectivity index is 1.93. The number of anilines is 2. The Morgan fingerprint density at radius 3 is 2.52 bits per heavy atom. The number of aryl methyl sites for hydroxylation is 1. The van der Waals surface area contributed by atoms with Gasteiger partial charge in [-0.15, -0.1) is 0 Å². The molecule has 8 nitrogen and oxygen atoms in total. The number of sulfonamides is 1. The third-order valence-corrected chi connectivity index (χ3v) is 5.85. The maximum atomic E-state index is 12.9. The van der Waals surface area contributed by atoms with Crippen molar-refractivity contribution in [3.63, 3.8) is 0 Å². The van der Waals surface area contributed by atoms with Crippen LogP contribution in [0.25, 0.3) is 12.2 Å². The lowest BCUT2D eigenvalue weighted by molar-refractivity contribution is -0.114. The molecule has 0 aliphatic carbocycles. The monoisotopic (exact) mass is 461 g/mol. The van der Waals surface area contributed by atoms with E-state index in [9.17, 15) is 13.2 Å². The second kappa shape index (κ2) is 9.23. The number of ether oxygens (including phenoxy) is 1. The van der Waals surface area contributed by atoms with Crippen LogP contribution < -0.4 is 14.8 Å². The highest BCUT2D eigenvalue weighted by Crippen LogP contribution is 2.29. The summed E-state index contributed by atoms with van der Waals surface area (Å²) in [5.41, 5.74) is 1.92. The summed E-state index contributed by atoms with van der Waals surface area (Å²) in [6.07, 6.45) is 3.24. The second-order valence-electron chi connectivity index (χ2n) is 6.54. The van der Waals surface area contributed by atoms with Crippen LogP contribution in [0.4, 0.5) is 11.4 Å². The fraction of sp³-hybridized carbons (Fsp3) is 0.143. The molecular weight excluding hydrogens is 442 g/mol. The lowest BCUT2D eigenvalue weighted by Crippen LogP contribution is -2.14. The smallest absolute Gasteiger partial charge is 0.265 e. The summed E-state index contributed by atoms with van der Waals surface area (Å²) >= 11 is 5.85. The highest BCUT2D eigenvalue weighted by molar-refractivity contribution is 7.92. The quantitative estimate of drug-likeness (QED) is 0.533. The molecule has 3 rings (SSSR count). The average Bonchev–Trinajstić information content (AvgIpc) is 3.06. The zero-order valence-electron chi connectivity index (χ0n) is 17.0. The number of rotatable bonds is 7. The van der Waals surface area contributed by atoms with Crippen LogP contribution in [0.3, 0.4) is 0 Å². The first-order valence-electron chi connectivity index (χ1n) is 9.08. The molecule has 1 heterocycles. The van der Waals surface area contributed by atoms with E-state index in [4.69, 9.17) is 20.9 Å². The summed E-state index contributed by atoms with van der Waals surface area (Å²) in [4.78, 5) is 11.3. The molecule has 0 saturated heterocycles. The van der Waals surface area contributed by atoms with E-state index in [0.29, 0.717) is 33.4 Å². The number of nitrogens with one attached hydrogen (secondary N) is 2. The van der Waals surface area contributed by atoms with E-state index < -0.39 is 10.0 Å². The molecule has 0 fully saturated rings. The normalized spacial score (nSPS) is 11.5. The van der Waals surface area contributed by atoms with E-state index in [0.717, 1.165) is 0 Å². The summed E-state index contributed by atoms with van der Waals surface area (Å²) in [6.45, 7) is 3.08. The highest BCUT2D eigenvalue weighted by Gasteiger charge is 2.20. The minimum absolute atomic E-state index is 0.0389. The molecular formula is C21H20ClN3O5S. The number of halogens is 1. The van der Waals surface area contributed by atoms with Gasteiger partial charge in [0.25, 0.3) is 10.0 Å². The van der Waals surface area contributed by atoms with Gasteiger partial charge in [-0.3, -0.25) is 9.52 Å². The van der Waals surface area contributed by atoms with E-state index in [2.05, 4.69) is 15.2 Å². The zero-order valence-corrected chi connectivity index (χ0v) is 18.5. The molecule has 0 spiro atoms. The van der Waals surface area contributed by atoms with Crippen LogP contribution in [0, 0.1) is 6.92 Å². The molecule has 1 aromatic heterocycles. The molecule has 0 unspecified atom stereocenters. The minimum atomic E-state index is -3.94. The summed E-state index contributed by atoms with van der Waals surface area (Å²) < 4.78 is 38.9. The standard InChI is InChI=1S/C21H20ClN3O5S/c1-13-21(23-14(2)26)19(30-24-13)11-5-15-4-10-18(29-3)20(12-15)31(27,28)25-17-8-6-16(22)7-9-17/h4-12,25H,1-3H3,(H,23,26). The summed E-state index contributed by atoms with van der Waals surface area (Å²) in [6, 6.07) is 11.0. The Hall–Kier alpha value is -3.30. The second-order valence-corrected chi connectivity index (χ2v) is 8.63. The molecule has 0 aliphatic rings. The maximum Gasteiger partial charge on any atom is 0.265 e. The summed E-state index contributed by atoms with van der Waals surface area (Å²) in [5.74, 6) is 0.271. The van der Waals surface area contributed by atoms with Crippen LogP contribution in [0.1, 0.15) is 23.9 Å². The number of benzene rings is 2. The molecule has 0 atom stereocenters. The minimum Gasteiger partial charge on any atom is -0.495 e. The third kappa shape index (κ3) is 5.44. The van der Waals surface area contributed by atoms with Gasteiger partial charge in [0.2, 0.25) is 5.91 Å². The fourth-order valence-corrected chi connectivity index (χ4v) is 4.13. The van der Waals surface area contributed by atoms with Gasteiger partial charge < -0.3 is 14.6 Å². The molecule has 2 aromatic carbocycles. The predicted molar refractivity (Wildman–Crippen MR) is 120 cm³/mol. The topological polar surface area (TPSA) is 111 Å². The van der Waals surface area contributed by atoms with Gasteiger partial charge in [0.1, 0.15) is 22.0 Å². The molecule has 162 valence electrons. The first-order chi connectivity index (χ1) is 14.7. The number of aromatic nitrogens is 1. The summed E-state index contributed by atoms with van der Waals surface area (Å²) in [5, 5.41) is 7.00. The van der Waals surface area contributed by atoms with E-state index in [1.165, 1.54) is 20.1 Å². The first-order valence-corrected chi connectivity index (χ1v) is 10.9. The van der Waals surface area contributed by atoms with E-state index in [-0.39, 0.29) is 16.6 Å². The van der Waals surface area contributed by atoms with Crippen molar-refractivity contribution in [1.82, 2.24) is 5.16 Å². The molecule has 2 N–H and O–H groups in total. The molecule has 1 amide bonds. The lowest BCUT2D eigenvalue weighted by Gasteiger charge is -2.12. The number of carbonyl (C=O) groups is 1. The van der Waals surface area contributed by atoms with Gasteiger partial charge >= 0.3 is 0 Å². The van der Waals surface area contributed by atoms with E-state index >= 15 is 0 Å². The van der Waals surface area contributed by atoms with Gasteiger partial charge in [0.15, 0.2) is 5.76 Å². The van der Waals surface area contributed by atoms with Crippen LogP contribution in [-0.4, -0.2) is 26.6 Å². The third-order valence-electron chi connectivity index (χ3n) is 4.19. The molecule has 0 radical (unpaired) electrons. The molecule has 0 aliphatic heterocycles. The van der Waals surface area contributed by atoms with Gasteiger partial charge in [-0.1, -0.05) is 28.9 Å². The Bertz CT molecular complexity index is 1230. The maximum absolute atomic E-state index is 12.9. The van der Waals surface area contributed by atoms with E-state index in [1.54, 1.807) is 55.5 Å². The van der Waals surface area contributed by atoms with Crippen LogP contribution in [0.2, 0.25) is 5.02 Å². The number of hydrogen-bond acceptors (Lipinski definition) is 6. The van der Waals surface area contributed by atoms with Crippen LogP contribution in [-0.2, 0) is 14.8 Å². The predicted octanol–water partition coefficient (Wildman–Crippen LogP) is 4.57. The Morgan fingerprint density at radius 2 is 1.87 bits per heavy atom. The SMILES string of the molecule is COc1ccc(C=Cc2onc(C)c2NC(C)=O)cc1S(=O)(=O)Nc1ccc(Cl)cc1. The number of amides is 1. The average molecular weight is 462 g/mol. The van der Waals surface area contributed by atoms with Crippen molar-refractivity contribution in [3.05, 3.63) is 64.5 Å². The van der Waals surface area contributed by atoms with Crippen molar-refractivity contribution in [2.45, 2.75) is 18.7 Å². The Kier molecular flexibility index (Phi) is 6.67. The summed E-state index contributed by atoms with van der Waals surface area (Å²) in [7, 11) is -2.55. The van der Waals surface area contributed by atoms with Crippen molar-refractivity contribution in [2.24, 2.45) is 0 Å². The van der Waals surface area contributed by atoms with Gasteiger partial charge in [0.05, 0.1) is 7.11 Å². The van der Waals surface area contributed by atoms with Gasteiger partial charge in [-0.05, 0) is 55.0 Å². The molecule has 10 heteroatoms. The van der Waals surface area contributed by atoms with Gasteiger partial charge in [-0.2, -0.15) is 0 Å². The van der Waals surface area contributed by atoms with Crippen LogP contribution in [0.5, 0.6) is 5.75 Å². The van der Waals surface area contributed by atoms with Crippen molar-refractivity contribution in [1.29, 1.82) is 0 Å². The van der Waals surface area contributed by atoms with Crippen LogP contribution in [0.15, 0.2) is 51.9 Å². The number of hydrogen-bond donors (Lipinski definition) is 2. The fourth-order valence-electron chi connectivity index (χ4n) is 2.74. The van der Waals surface area contributed by atoms with Crippen molar-refractivity contribution < 1.29 is 22.5 Å². The van der Waals surface area contributed by atoms with Gasteiger partial charge in [0, 0.05) is 17.6 Å². The zero-order chi connectivity index (χ0) is 22.6. The van der Waals surface area contributed by atoms with Gasteiger partial charge in [-0.25, -0.2) is 8.42 Å². The number of methoxy groups -OCH3 is 1. The van der Waals surface area contributed by atoms with Crippen molar-refractivity contribution >= 4 is 51.1 Å².